The fourth-order valence-corrected chi connectivity index (χ4v) is 1.75. The number of halogens is 1. The van der Waals surface area contributed by atoms with Gasteiger partial charge in [-0.25, -0.2) is 0 Å². The minimum absolute atomic E-state index is 0.615. The van der Waals surface area contributed by atoms with Gasteiger partial charge in [-0.2, -0.15) is 5.26 Å². The van der Waals surface area contributed by atoms with E-state index in [0.29, 0.717) is 9.90 Å². The maximum absolute atomic E-state index is 8.52. The Hall–Kier alpha value is -0.720. The van der Waals surface area contributed by atoms with Crippen LogP contribution in [0.4, 0.5) is 5.69 Å². The molecule has 0 amide bonds. The molecule has 0 unspecified atom stereocenters. The molecule has 1 rings (SSSR count). The summed E-state index contributed by atoms with van der Waals surface area (Å²) in [5.74, 6) is 0. The van der Waals surface area contributed by atoms with Gasteiger partial charge in [0.1, 0.15) is 10.9 Å². The summed E-state index contributed by atoms with van der Waals surface area (Å²) in [7, 11) is 1.74. The van der Waals surface area contributed by atoms with Crippen molar-refractivity contribution in [3.8, 4) is 6.07 Å². The van der Waals surface area contributed by atoms with Gasteiger partial charge in [0.15, 0.2) is 0 Å². The van der Waals surface area contributed by atoms with Gasteiger partial charge in [0.2, 0.25) is 0 Å². The average molecular weight is 173 g/mol. The lowest BCUT2D eigenvalue weighted by Gasteiger charge is -1.94. The molecule has 1 aromatic rings. The van der Waals surface area contributed by atoms with E-state index in [2.05, 4.69) is 5.32 Å². The summed E-state index contributed by atoms with van der Waals surface area (Å²) in [4.78, 5) is 0.632. The van der Waals surface area contributed by atoms with Crippen molar-refractivity contribution >= 4 is 28.6 Å². The highest BCUT2D eigenvalue weighted by Gasteiger charge is 2.06. The smallest absolute Gasteiger partial charge is 0.129 e. The van der Waals surface area contributed by atoms with Crippen LogP contribution in [0.3, 0.4) is 0 Å². The van der Waals surface area contributed by atoms with Crippen molar-refractivity contribution in [2.45, 2.75) is 0 Å². The summed E-state index contributed by atoms with van der Waals surface area (Å²) in [5.41, 5.74) is 0.731. The molecule has 0 aromatic carbocycles. The Balaban J connectivity index is 3.16. The largest absolute Gasteiger partial charge is 0.385 e. The number of nitrogens with one attached hydrogen (secondary N) is 1. The SMILES string of the molecule is CNc1c(Cl)csc1C#N. The van der Waals surface area contributed by atoms with Crippen LogP contribution in [0, 0.1) is 11.3 Å². The molecule has 0 spiro atoms. The molecule has 0 saturated carbocycles. The van der Waals surface area contributed by atoms with Gasteiger partial charge in [-0.3, -0.25) is 0 Å². The van der Waals surface area contributed by atoms with E-state index in [1.54, 1.807) is 12.4 Å². The molecule has 0 radical (unpaired) electrons. The number of nitrogens with zero attached hydrogens (tertiary/aromatic N) is 1. The summed E-state index contributed by atoms with van der Waals surface area (Å²) in [5, 5.41) is 13.7. The van der Waals surface area contributed by atoms with E-state index in [1.807, 2.05) is 6.07 Å². The molecule has 1 N–H and O–H groups in total. The summed E-state index contributed by atoms with van der Waals surface area (Å²) in [6.45, 7) is 0. The van der Waals surface area contributed by atoms with Gasteiger partial charge in [-0.05, 0) is 0 Å². The standard InChI is InChI=1S/C6H5ClN2S/c1-9-6-4(7)3-10-5(6)2-8/h3,9H,1H3. The van der Waals surface area contributed by atoms with Crippen molar-refractivity contribution < 1.29 is 0 Å². The van der Waals surface area contributed by atoms with E-state index in [0.717, 1.165) is 5.69 Å². The van der Waals surface area contributed by atoms with E-state index < -0.39 is 0 Å². The Morgan fingerprint density at radius 3 is 2.90 bits per heavy atom. The average Bonchev–Trinajstić information content (AvgIpc) is 2.30. The van der Waals surface area contributed by atoms with Crippen molar-refractivity contribution in [2.24, 2.45) is 0 Å². The van der Waals surface area contributed by atoms with Crippen LogP contribution in [0.5, 0.6) is 0 Å². The molecule has 1 heterocycles. The number of hydrogen-bond acceptors (Lipinski definition) is 3. The van der Waals surface area contributed by atoms with E-state index in [9.17, 15) is 0 Å². The number of anilines is 1. The Labute approximate surface area is 68.0 Å². The molecule has 4 heteroatoms. The lowest BCUT2D eigenvalue weighted by molar-refractivity contribution is 1.49. The summed E-state index contributed by atoms with van der Waals surface area (Å²) in [6.07, 6.45) is 0. The number of nitriles is 1. The lowest BCUT2D eigenvalue weighted by atomic mass is 10.4. The topological polar surface area (TPSA) is 35.8 Å². The lowest BCUT2D eigenvalue weighted by Crippen LogP contribution is -1.87. The second-order valence-corrected chi connectivity index (χ2v) is 2.94. The van der Waals surface area contributed by atoms with Gasteiger partial charge < -0.3 is 5.32 Å². The van der Waals surface area contributed by atoms with Crippen molar-refractivity contribution in [3.05, 3.63) is 15.3 Å². The normalized spacial score (nSPS) is 8.90. The highest BCUT2D eigenvalue weighted by Crippen LogP contribution is 2.30. The van der Waals surface area contributed by atoms with Gasteiger partial charge in [0, 0.05) is 12.4 Å². The van der Waals surface area contributed by atoms with Gasteiger partial charge in [0.25, 0.3) is 0 Å². The molecular weight excluding hydrogens is 168 g/mol. The summed E-state index contributed by atoms with van der Waals surface area (Å²) < 4.78 is 0. The van der Waals surface area contributed by atoms with Crippen LogP contribution in [-0.4, -0.2) is 7.05 Å². The highest BCUT2D eigenvalue weighted by molar-refractivity contribution is 7.11. The third-order valence-electron chi connectivity index (χ3n) is 1.10. The van der Waals surface area contributed by atoms with Crippen molar-refractivity contribution in [1.82, 2.24) is 0 Å². The highest BCUT2D eigenvalue weighted by atomic mass is 35.5. The maximum atomic E-state index is 8.52. The van der Waals surface area contributed by atoms with Crippen LogP contribution in [0.15, 0.2) is 5.38 Å². The minimum atomic E-state index is 0.615. The Morgan fingerprint density at radius 1 is 1.80 bits per heavy atom. The van der Waals surface area contributed by atoms with Crippen LogP contribution in [0.1, 0.15) is 4.88 Å². The quantitative estimate of drug-likeness (QED) is 0.706. The second-order valence-electron chi connectivity index (χ2n) is 1.65. The molecule has 0 aliphatic heterocycles. The number of rotatable bonds is 1. The molecule has 52 valence electrons. The first-order valence-electron chi connectivity index (χ1n) is 2.64. The predicted octanol–water partition coefficient (Wildman–Crippen LogP) is 2.31. The third-order valence-corrected chi connectivity index (χ3v) is 2.41. The zero-order chi connectivity index (χ0) is 7.56. The van der Waals surface area contributed by atoms with Gasteiger partial charge >= 0.3 is 0 Å². The number of hydrogen-bond donors (Lipinski definition) is 1. The molecule has 10 heavy (non-hydrogen) atoms. The van der Waals surface area contributed by atoms with E-state index in [1.165, 1.54) is 11.3 Å². The first-order chi connectivity index (χ1) is 4.79. The summed E-state index contributed by atoms with van der Waals surface area (Å²) in [6, 6.07) is 2.04. The Bertz CT molecular complexity index is 274. The maximum Gasteiger partial charge on any atom is 0.129 e. The monoisotopic (exact) mass is 172 g/mol. The fraction of sp³-hybridized carbons (Fsp3) is 0.167. The van der Waals surface area contributed by atoms with Gasteiger partial charge in [-0.1, -0.05) is 11.6 Å². The van der Waals surface area contributed by atoms with Crippen LogP contribution < -0.4 is 5.32 Å². The molecular formula is C6H5ClN2S. The zero-order valence-corrected chi connectivity index (χ0v) is 6.88. The van der Waals surface area contributed by atoms with Gasteiger partial charge in [-0.15, -0.1) is 11.3 Å². The second kappa shape index (κ2) is 2.91. The molecule has 0 fully saturated rings. The third kappa shape index (κ3) is 1.08. The van der Waals surface area contributed by atoms with Crippen molar-refractivity contribution in [2.75, 3.05) is 12.4 Å². The zero-order valence-electron chi connectivity index (χ0n) is 5.31. The van der Waals surface area contributed by atoms with Crippen molar-refractivity contribution in [3.63, 3.8) is 0 Å². The first-order valence-corrected chi connectivity index (χ1v) is 3.90. The molecule has 0 atom stereocenters. The van der Waals surface area contributed by atoms with Gasteiger partial charge in [0.05, 0.1) is 10.7 Å². The van der Waals surface area contributed by atoms with E-state index >= 15 is 0 Å². The molecule has 0 saturated heterocycles. The van der Waals surface area contributed by atoms with Crippen molar-refractivity contribution in [1.29, 1.82) is 5.26 Å². The first kappa shape index (κ1) is 7.39. The van der Waals surface area contributed by atoms with E-state index in [4.69, 9.17) is 16.9 Å². The van der Waals surface area contributed by atoms with Crippen LogP contribution in [-0.2, 0) is 0 Å². The molecule has 1 aromatic heterocycles. The summed E-state index contributed by atoms with van der Waals surface area (Å²) >= 11 is 7.07. The molecule has 0 aliphatic rings. The Kier molecular flexibility index (Phi) is 2.15. The predicted molar refractivity (Wildman–Crippen MR) is 43.6 cm³/mol. The van der Waals surface area contributed by atoms with Crippen LogP contribution in [0.25, 0.3) is 0 Å². The minimum Gasteiger partial charge on any atom is -0.385 e. The fourth-order valence-electron chi connectivity index (χ4n) is 0.652. The number of thiophene rings is 1. The molecule has 0 bridgehead atoms. The van der Waals surface area contributed by atoms with Crippen LogP contribution >= 0.6 is 22.9 Å². The molecule has 0 aliphatic carbocycles. The molecule has 2 nitrogen and oxygen atoms in total. The van der Waals surface area contributed by atoms with Crippen LogP contribution in [0.2, 0.25) is 5.02 Å². The van der Waals surface area contributed by atoms with E-state index in [-0.39, 0.29) is 0 Å². The Morgan fingerprint density at radius 2 is 2.50 bits per heavy atom.